The first-order valence-electron chi connectivity index (χ1n) is 9.19. The van der Waals surface area contributed by atoms with Crippen molar-refractivity contribution in [2.45, 2.75) is 39.3 Å². The summed E-state index contributed by atoms with van der Waals surface area (Å²) in [6, 6.07) is 10.6. The van der Waals surface area contributed by atoms with Gasteiger partial charge in [-0.2, -0.15) is 0 Å². The van der Waals surface area contributed by atoms with Gasteiger partial charge in [0.25, 0.3) is 5.91 Å². The van der Waals surface area contributed by atoms with Crippen LogP contribution in [0.1, 0.15) is 47.7 Å². The van der Waals surface area contributed by atoms with E-state index < -0.39 is 6.04 Å². The van der Waals surface area contributed by atoms with Gasteiger partial charge in [0.05, 0.1) is 4.88 Å². The van der Waals surface area contributed by atoms with Gasteiger partial charge in [0.15, 0.2) is 0 Å². The molecule has 0 aliphatic carbocycles. The first kappa shape index (κ1) is 19.8. The maximum atomic E-state index is 12.5. The summed E-state index contributed by atoms with van der Waals surface area (Å²) in [6.45, 7) is 6.58. The standard InChI is InChI=1S/C21H24N4O2S/c1-14(2)19-22-9-10-25(19)13-16-6-4-7-17(12-16)24-20(26)15(3)23-21(27)18-8-5-11-28-18/h4-12,14-15H,13H2,1-3H3,(H,23,27)(H,24,26). The second kappa shape index (κ2) is 8.84. The molecule has 3 aromatic rings. The summed E-state index contributed by atoms with van der Waals surface area (Å²) in [5, 5.41) is 7.42. The van der Waals surface area contributed by atoms with Crippen molar-refractivity contribution in [3.8, 4) is 0 Å². The summed E-state index contributed by atoms with van der Waals surface area (Å²) >= 11 is 1.34. The molecular formula is C21H24N4O2S. The Bertz CT molecular complexity index is 947. The van der Waals surface area contributed by atoms with Crippen LogP contribution in [0.3, 0.4) is 0 Å². The number of rotatable bonds is 7. The third-order valence-electron chi connectivity index (χ3n) is 4.30. The van der Waals surface area contributed by atoms with E-state index >= 15 is 0 Å². The van der Waals surface area contributed by atoms with Crippen molar-refractivity contribution in [2.75, 3.05) is 5.32 Å². The number of carbonyl (C=O) groups is 2. The number of nitrogens with zero attached hydrogens (tertiary/aromatic N) is 2. The Balaban J connectivity index is 1.62. The molecule has 0 saturated heterocycles. The average Bonchev–Trinajstić information content (AvgIpc) is 3.33. The molecule has 0 fully saturated rings. The zero-order chi connectivity index (χ0) is 20.1. The molecule has 0 saturated carbocycles. The monoisotopic (exact) mass is 396 g/mol. The molecular weight excluding hydrogens is 372 g/mol. The van der Waals surface area contributed by atoms with Crippen LogP contribution in [0, 0.1) is 0 Å². The topological polar surface area (TPSA) is 76.0 Å². The van der Waals surface area contributed by atoms with Crippen molar-refractivity contribution >= 4 is 28.8 Å². The fourth-order valence-electron chi connectivity index (χ4n) is 2.89. The van der Waals surface area contributed by atoms with Crippen LogP contribution in [0.2, 0.25) is 0 Å². The molecule has 0 aliphatic heterocycles. The summed E-state index contributed by atoms with van der Waals surface area (Å²) < 4.78 is 2.11. The molecule has 146 valence electrons. The number of carbonyl (C=O) groups excluding carboxylic acids is 2. The van der Waals surface area contributed by atoms with E-state index in [1.165, 1.54) is 11.3 Å². The van der Waals surface area contributed by atoms with E-state index in [1.54, 1.807) is 25.3 Å². The third-order valence-corrected chi connectivity index (χ3v) is 5.17. The normalized spacial score (nSPS) is 12.0. The fraction of sp³-hybridized carbons (Fsp3) is 0.286. The molecule has 3 rings (SSSR count). The van der Waals surface area contributed by atoms with Crippen molar-refractivity contribution in [2.24, 2.45) is 0 Å². The van der Waals surface area contributed by atoms with Gasteiger partial charge in [0, 0.05) is 30.5 Å². The smallest absolute Gasteiger partial charge is 0.261 e. The van der Waals surface area contributed by atoms with Gasteiger partial charge < -0.3 is 15.2 Å². The van der Waals surface area contributed by atoms with Gasteiger partial charge in [-0.25, -0.2) is 4.98 Å². The van der Waals surface area contributed by atoms with Crippen LogP contribution in [-0.4, -0.2) is 27.4 Å². The summed E-state index contributed by atoms with van der Waals surface area (Å²) in [5.41, 5.74) is 1.76. The molecule has 0 aliphatic rings. The molecule has 0 bridgehead atoms. The maximum absolute atomic E-state index is 12.5. The number of aromatic nitrogens is 2. The van der Waals surface area contributed by atoms with Gasteiger partial charge in [-0.3, -0.25) is 9.59 Å². The van der Waals surface area contributed by atoms with Crippen molar-refractivity contribution in [3.05, 3.63) is 70.4 Å². The molecule has 1 aromatic carbocycles. The van der Waals surface area contributed by atoms with Gasteiger partial charge in [-0.1, -0.05) is 32.0 Å². The maximum Gasteiger partial charge on any atom is 0.261 e. The number of imidazole rings is 1. The van der Waals surface area contributed by atoms with E-state index in [-0.39, 0.29) is 11.8 Å². The molecule has 2 N–H and O–H groups in total. The van der Waals surface area contributed by atoms with E-state index in [9.17, 15) is 9.59 Å². The minimum absolute atomic E-state index is 0.243. The summed E-state index contributed by atoms with van der Waals surface area (Å²) in [5.74, 6) is 0.866. The molecule has 6 nitrogen and oxygen atoms in total. The van der Waals surface area contributed by atoms with E-state index in [0.29, 0.717) is 23.0 Å². The predicted molar refractivity (Wildman–Crippen MR) is 112 cm³/mol. The molecule has 28 heavy (non-hydrogen) atoms. The zero-order valence-corrected chi connectivity index (χ0v) is 17.0. The first-order chi connectivity index (χ1) is 13.4. The van der Waals surface area contributed by atoms with Gasteiger partial charge in [0.2, 0.25) is 5.91 Å². The Morgan fingerprint density at radius 3 is 2.71 bits per heavy atom. The Labute approximate surface area is 168 Å². The van der Waals surface area contributed by atoms with Crippen LogP contribution < -0.4 is 10.6 Å². The quantitative estimate of drug-likeness (QED) is 0.636. The average molecular weight is 397 g/mol. The lowest BCUT2D eigenvalue weighted by molar-refractivity contribution is -0.117. The molecule has 7 heteroatoms. The lowest BCUT2D eigenvalue weighted by Gasteiger charge is -2.15. The number of amides is 2. The Hall–Kier alpha value is -2.93. The minimum Gasteiger partial charge on any atom is -0.340 e. The fourth-order valence-corrected chi connectivity index (χ4v) is 3.52. The lowest BCUT2D eigenvalue weighted by Crippen LogP contribution is -2.41. The molecule has 1 unspecified atom stereocenters. The molecule has 2 amide bonds. The summed E-state index contributed by atoms with van der Waals surface area (Å²) in [6.07, 6.45) is 3.77. The predicted octanol–water partition coefficient (Wildman–Crippen LogP) is 3.87. The van der Waals surface area contributed by atoms with Crippen LogP contribution in [0.15, 0.2) is 54.2 Å². The second-order valence-corrected chi connectivity index (χ2v) is 7.88. The Morgan fingerprint density at radius 1 is 1.18 bits per heavy atom. The van der Waals surface area contributed by atoms with Gasteiger partial charge in [0.1, 0.15) is 11.9 Å². The van der Waals surface area contributed by atoms with E-state index in [4.69, 9.17) is 0 Å². The SMILES string of the molecule is CC(NC(=O)c1cccs1)C(=O)Nc1cccc(Cn2ccnc2C(C)C)c1. The highest BCUT2D eigenvalue weighted by molar-refractivity contribution is 7.12. The van der Waals surface area contributed by atoms with Gasteiger partial charge >= 0.3 is 0 Å². The number of thiophene rings is 1. The Morgan fingerprint density at radius 2 is 2.00 bits per heavy atom. The second-order valence-electron chi connectivity index (χ2n) is 6.93. The van der Waals surface area contributed by atoms with Crippen LogP contribution in [-0.2, 0) is 11.3 Å². The molecule has 1 atom stereocenters. The van der Waals surface area contributed by atoms with Crippen molar-refractivity contribution in [1.82, 2.24) is 14.9 Å². The van der Waals surface area contributed by atoms with Crippen molar-refractivity contribution in [1.29, 1.82) is 0 Å². The lowest BCUT2D eigenvalue weighted by atomic mass is 10.1. The number of benzene rings is 1. The number of nitrogens with one attached hydrogen (secondary N) is 2. The van der Waals surface area contributed by atoms with Crippen LogP contribution in [0.25, 0.3) is 0 Å². The van der Waals surface area contributed by atoms with Crippen LogP contribution in [0.4, 0.5) is 5.69 Å². The number of hydrogen-bond acceptors (Lipinski definition) is 4. The molecule has 0 radical (unpaired) electrons. The van der Waals surface area contributed by atoms with Gasteiger partial charge in [-0.15, -0.1) is 11.3 Å². The number of anilines is 1. The summed E-state index contributed by atoms with van der Waals surface area (Å²) in [4.78, 5) is 29.5. The van der Waals surface area contributed by atoms with E-state index in [2.05, 4.69) is 34.0 Å². The highest BCUT2D eigenvalue weighted by Gasteiger charge is 2.17. The molecule has 2 aromatic heterocycles. The first-order valence-corrected chi connectivity index (χ1v) is 10.1. The Kier molecular flexibility index (Phi) is 6.26. The summed E-state index contributed by atoms with van der Waals surface area (Å²) in [7, 11) is 0. The molecule has 0 spiro atoms. The zero-order valence-electron chi connectivity index (χ0n) is 16.2. The van der Waals surface area contributed by atoms with E-state index in [0.717, 1.165) is 11.4 Å². The minimum atomic E-state index is -0.639. The van der Waals surface area contributed by atoms with Gasteiger partial charge in [-0.05, 0) is 36.1 Å². The molecule has 2 heterocycles. The highest BCUT2D eigenvalue weighted by Crippen LogP contribution is 2.17. The van der Waals surface area contributed by atoms with Crippen LogP contribution in [0.5, 0.6) is 0 Å². The van der Waals surface area contributed by atoms with E-state index in [1.807, 2.05) is 35.8 Å². The largest absolute Gasteiger partial charge is 0.340 e. The van der Waals surface area contributed by atoms with Crippen molar-refractivity contribution < 1.29 is 9.59 Å². The third kappa shape index (κ3) is 4.86. The van der Waals surface area contributed by atoms with Crippen molar-refractivity contribution in [3.63, 3.8) is 0 Å². The van der Waals surface area contributed by atoms with Crippen LogP contribution >= 0.6 is 11.3 Å². The number of hydrogen-bond donors (Lipinski definition) is 2. The highest BCUT2D eigenvalue weighted by atomic mass is 32.1.